The molecule has 0 fully saturated rings. The first-order chi connectivity index (χ1) is 48.6. The van der Waals surface area contributed by atoms with E-state index in [1.54, 1.807) is 0 Å². The second-order valence-corrected chi connectivity index (χ2v) is 25.0. The van der Waals surface area contributed by atoms with Gasteiger partial charge in [0, 0.05) is 49.6 Å². The summed E-state index contributed by atoms with van der Waals surface area (Å²) in [6.07, 6.45) is 0. The smallest absolute Gasteiger partial charge is 0.164 e. The van der Waals surface area contributed by atoms with Crippen LogP contribution in [0.2, 0.25) is 0 Å². The molecule has 16 aromatic carbocycles. The first-order valence-corrected chi connectivity index (χ1v) is 33.4. The Hall–Kier alpha value is -13.1. The van der Waals surface area contributed by atoms with E-state index in [9.17, 15) is 0 Å². The molecule has 0 bridgehead atoms. The number of rotatable bonds is 10. The third kappa shape index (κ3) is 10.5. The summed E-state index contributed by atoms with van der Waals surface area (Å²) in [7, 11) is 0. The topological polar surface area (TPSA) is 48.5 Å². The van der Waals surface area contributed by atoms with Crippen LogP contribution < -0.4 is 0 Å². The van der Waals surface area contributed by atoms with E-state index in [0.29, 0.717) is 17.5 Å². The summed E-state index contributed by atoms with van der Waals surface area (Å²) in [6.45, 7) is 0. The van der Waals surface area contributed by atoms with Gasteiger partial charge in [0.2, 0.25) is 0 Å². The summed E-state index contributed by atoms with van der Waals surface area (Å²) in [5.41, 5.74) is 22.0. The predicted molar refractivity (Wildman–Crippen MR) is 411 cm³/mol. The summed E-state index contributed by atoms with van der Waals surface area (Å²) in [6, 6.07) is 132. The maximum Gasteiger partial charge on any atom is 0.164 e. The highest BCUT2D eigenvalue weighted by Gasteiger charge is 2.19. The Morgan fingerprint density at radius 1 is 0.143 bits per heavy atom. The van der Waals surface area contributed by atoms with Crippen molar-refractivity contribution in [1.82, 2.24) is 24.1 Å². The number of para-hydroxylation sites is 2. The van der Waals surface area contributed by atoms with Gasteiger partial charge in [-0.1, -0.05) is 291 Å². The zero-order valence-corrected chi connectivity index (χ0v) is 53.5. The molecule has 0 aliphatic carbocycles. The van der Waals surface area contributed by atoms with Crippen LogP contribution in [0.5, 0.6) is 0 Å². The zero-order valence-electron chi connectivity index (χ0n) is 53.5. The highest BCUT2D eigenvalue weighted by molar-refractivity contribution is 6.26. The minimum Gasteiger partial charge on any atom is -0.309 e. The Labute approximate surface area is 567 Å². The van der Waals surface area contributed by atoms with Crippen LogP contribution in [0.3, 0.4) is 0 Å². The van der Waals surface area contributed by atoms with E-state index in [-0.39, 0.29) is 0 Å². The van der Waals surface area contributed by atoms with Crippen molar-refractivity contribution in [3.05, 3.63) is 370 Å². The lowest BCUT2D eigenvalue weighted by Gasteiger charge is -2.13. The molecule has 0 saturated heterocycles. The highest BCUT2D eigenvalue weighted by atomic mass is 15.0. The van der Waals surface area contributed by atoms with E-state index < -0.39 is 0 Å². The van der Waals surface area contributed by atoms with E-state index in [4.69, 9.17) is 15.0 Å². The Morgan fingerprint density at radius 2 is 0.398 bits per heavy atom. The molecule has 0 atom stereocenters. The minimum absolute atomic E-state index is 0.648. The second-order valence-electron chi connectivity index (χ2n) is 25.0. The summed E-state index contributed by atoms with van der Waals surface area (Å²) in [4.78, 5) is 14.8. The van der Waals surface area contributed by atoms with Crippen LogP contribution in [-0.2, 0) is 0 Å². The number of hydrogen-bond donors (Lipinski definition) is 0. The molecule has 0 N–H and O–H groups in total. The van der Waals surface area contributed by atoms with Gasteiger partial charge in [0.15, 0.2) is 17.5 Å². The largest absolute Gasteiger partial charge is 0.309 e. The molecular formula is C93H61N5. The Balaban J connectivity index is 0.000000142. The van der Waals surface area contributed by atoms with E-state index in [1.165, 1.54) is 120 Å². The molecule has 5 heteroatoms. The van der Waals surface area contributed by atoms with Crippen LogP contribution >= 0.6 is 0 Å². The van der Waals surface area contributed by atoms with Crippen molar-refractivity contribution in [2.75, 3.05) is 0 Å². The van der Waals surface area contributed by atoms with Crippen LogP contribution in [0.1, 0.15) is 0 Å². The van der Waals surface area contributed by atoms with Gasteiger partial charge in [0.1, 0.15) is 0 Å². The van der Waals surface area contributed by atoms with Gasteiger partial charge in [-0.25, -0.2) is 15.0 Å². The molecule has 5 nitrogen and oxygen atoms in total. The molecule has 3 heterocycles. The van der Waals surface area contributed by atoms with Crippen LogP contribution in [0.15, 0.2) is 370 Å². The number of benzene rings is 16. The lowest BCUT2D eigenvalue weighted by Crippen LogP contribution is -2.00. The van der Waals surface area contributed by atoms with Crippen molar-refractivity contribution >= 4 is 75.9 Å². The van der Waals surface area contributed by atoms with Crippen LogP contribution in [0.4, 0.5) is 0 Å². The molecule has 0 amide bonds. The van der Waals surface area contributed by atoms with Gasteiger partial charge in [-0.15, -0.1) is 0 Å². The molecule has 3 aromatic heterocycles. The van der Waals surface area contributed by atoms with Crippen molar-refractivity contribution in [2.24, 2.45) is 0 Å². The first kappa shape index (κ1) is 57.6. The molecule has 19 rings (SSSR count). The van der Waals surface area contributed by atoms with Crippen molar-refractivity contribution in [2.45, 2.75) is 0 Å². The highest BCUT2D eigenvalue weighted by Crippen LogP contribution is 2.42. The van der Waals surface area contributed by atoms with Crippen LogP contribution in [-0.4, -0.2) is 24.1 Å². The summed E-state index contributed by atoms with van der Waals surface area (Å²) in [5, 5.41) is 12.7. The molecule has 0 aliphatic rings. The molecule has 98 heavy (non-hydrogen) atoms. The number of nitrogens with zero attached hydrogens (tertiary/aromatic N) is 5. The number of aromatic nitrogens is 5. The normalized spacial score (nSPS) is 11.5. The van der Waals surface area contributed by atoms with Crippen molar-refractivity contribution in [3.63, 3.8) is 0 Å². The Bertz CT molecular complexity index is 5900. The van der Waals surface area contributed by atoms with E-state index >= 15 is 0 Å². The van der Waals surface area contributed by atoms with Gasteiger partial charge in [0.05, 0.1) is 22.1 Å². The molecule has 0 radical (unpaired) electrons. The third-order valence-electron chi connectivity index (χ3n) is 19.2. The maximum atomic E-state index is 4.95. The fourth-order valence-electron chi connectivity index (χ4n) is 14.5. The molecule has 0 saturated carbocycles. The average Bonchev–Trinajstić information content (AvgIpc) is 1.46. The van der Waals surface area contributed by atoms with Crippen molar-refractivity contribution in [3.8, 4) is 101 Å². The Morgan fingerprint density at radius 3 is 0.816 bits per heavy atom. The van der Waals surface area contributed by atoms with Gasteiger partial charge < -0.3 is 9.13 Å². The number of fused-ring (bicyclic) bond motifs is 12. The average molecular weight is 1250 g/mol. The van der Waals surface area contributed by atoms with Gasteiger partial charge in [0.25, 0.3) is 0 Å². The molecule has 0 unspecified atom stereocenters. The lowest BCUT2D eigenvalue weighted by molar-refractivity contribution is 1.07. The quantitative estimate of drug-likeness (QED) is 0.128. The van der Waals surface area contributed by atoms with E-state index in [0.717, 1.165) is 39.2 Å². The van der Waals surface area contributed by atoms with Crippen LogP contribution in [0, 0.1) is 0 Å². The predicted octanol–water partition coefficient (Wildman–Crippen LogP) is 24.5. The van der Waals surface area contributed by atoms with Crippen LogP contribution in [0.25, 0.3) is 177 Å². The standard InChI is InChI=1S/C48H32N2.C45H29N3/c1-3-11-33(12-4-1)35-19-25-39(26-20-35)49-45-17-9-7-15-41(45)43-31-37(23-29-47(43)49)38-24-30-48-44(32-38)42-16-8-10-18-46(42)50(48)40-27-21-36(22-28-40)34-13-5-2-6-14-34;1-3-13-30(14-4-1)43-46-44(31-15-5-2-6-16-31)48-45(47-43)36-20-12-19-34(28-36)32-17-11-18-33(27-32)35-25-26-41-39-23-8-7-21-37(39)38-22-9-10-24-40(38)42(41)29-35/h1-32H;1-29H. The van der Waals surface area contributed by atoms with Gasteiger partial charge in [-0.3, -0.25) is 0 Å². The van der Waals surface area contributed by atoms with E-state index in [2.05, 4.69) is 319 Å². The SMILES string of the molecule is c1ccc(-c2ccc(-n3c4ccccc4c4cc(-c5ccc6c(c5)c5ccccc5n6-c5ccc(-c6ccccc6)cc5)ccc43)cc2)cc1.c1ccc(-c2nc(-c3ccccc3)nc(-c3cccc(-c4cccc(-c5ccc6c7ccccc7c7ccccc7c6c5)c4)c3)n2)cc1. The Kier molecular flexibility index (Phi) is 14.5. The molecule has 19 aromatic rings. The van der Waals surface area contributed by atoms with Gasteiger partial charge >= 0.3 is 0 Å². The zero-order chi connectivity index (χ0) is 64.9. The van der Waals surface area contributed by atoms with Crippen molar-refractivity contribution in [1.29, 1.82) is 0 Å². The molecule has 458 valence electrons. The van der Waals surface area contributed by atoms with Gasteiger partial charge in [-0.05, 0) is 167 Å². The summed E-state index contributed by atoms with van der Waals surface area (Å²) < 4.78 is 4.78. The molecular weight excluding hydrogens is 1190 g/mol. The minimum atomic E-state index is 0.648. The number of hydrogen-bond acceptors (Lipinski definition) is 3. The molecule has 0 aliphatic heterocycles. The fraction of sp³-hybridized carbons (Fsp3) is 0. The monoisotopic (exact) mass is 1250 g/mol. The first-order valence-electron chi connectivity index (χ1n) is 33.4. The second kappa shape index (κ2) is 24.7. The van der Waals surface area contributed by atoms with Crippen molar-refractivity contribution < 1.29 is 0 Å². The summed E-state index contributed by atoms with van der Waals surface area (Å²) >= 11 is 0. The fourth-order valence-corrected chi connectivity index (χ4v) is 14.5. The summed E-state index contributed by atoms with van der Waals surface area (Å²) in [5.74, 6) is 1.96. The maximum absolute atomic E-state index is 4.95. The molecule has 0 spiro atoms. The third-order valence-corrected chi connectivity index (χ3v) is 19.2. The van der Waals surface area contributed by atoms with E-state index in [1.807, 2.05) is 60.7 Å². The lowest BCUT2D eigenvalue weighted by atomic mass is 9.91. The van der Waals surface area contributed by atoms with Gasteiger partial charge in [-0.2, -0.15) is 0 Å².